The van der Waals surface area contributed by atoms with Crippen LogP contribution >= 0.6 is 0 Å². The molecule has 5 aliphatic rings. The summed E-state index contributed by atoms with van der Waals surface area (Å²) in [5.41, 5.74) is 0.674. The van der Waals surface area contributed by atoms with Crippen LogP contribution in [-0.4, -0.2) is 73.5 Å². The number of hydrogen-bond acceptors (Lipinski definition) is 4. The quantitative estimate of drug-likeness (QED) is 0.762. The molecule has 0 radical (unpaired) electrons. The van der Waals surface area contributed by atoms with Crippen LogP contribution in [0.25, 0.3) is 0 Å². The highest BCUT2D eigenvalue weighted by Crippen LogP contribution is 2.66. The van der Waals surface area contributed by atoms with Crippen molar-refractivity contribution < 1.29 is 9.84 Å². The number of ether oxygens (including phenoxy) is 1. The maximum atomic E-state index is 11.5. The Morgan fingerprint density at radius 3 is 2.34 bits per heavy atom. The molecule has 1 N–H and O–H groups in total. The lowest BCUT2D eigenvalue weighted by molar-refractivity contribution is -0.129. The predicted molar refractivity (Wildman–Crippen MR) is 117 cm³/mol. The molecule has 1 saturated heterocycles. The van der Waals surface area contributed by atoms with Gasteiger partial charge in [0.05, 0.1) is 19.3 Å². The van der Waals surface area contributed by atoms with Crippen molar-refractivity contribution in [3.05, 3.63) is 0 Å². The van der Waals surface area contributed by atoms with Crippen molar-refractivity contribution in [1.29, 1.82) is 0 Å². The van der Waals surface area contributed by atoms with Crippen molar-refractivity contribution in [2.45, 2.75) is 83.4 Å². The second-order valence-electron chi connectivity index (χ2n) is 12.0. The van der Waals surface area contributed by atoms with Gasteiger partial charge in [-0.15, -0.1) is 0 Å². The normalized spacial score (nSPS) is 53.4. The molecule has 4 nitrogen and oxygen atoms in total. The van der Waals surface area contributed by atoms with Gasteiger partial charge >= 0.3 is 0 Å². The first-order valence-corrected chi connectivity index (χ1v) is 12.5. The smallest absolute Gasteiger partial charge is 0.0751 e. The molecule has 5 fully saturated rings. The molecule has 0 aromatic rings. The Labute approximate surface area is 178 Å². The minimum absolute atomic E-state index is 0.133. The maximum Gasteiger partial charge on any atom is 0.0751 e. The lowest BCUT2D eigenvalue weighted by Gasteiger charge is -2.61. The summed E-state index contributed by atoms with van der Waals surface area (Å²) >= 11 is 0. The van der Waals surface area contributed by atoms with E-state index in [1.165, 1.54) is 51.4 Å². The van der Waals surface area contributed by atoms with Crippen LogP contribution in [0.15, 0.2) is 0 Å². The van der Waals surface area contributed by atoms with Crippen LogP contribution < -0.4 is 0 Å². The van der Waals surface area contributed by atoms with Gasteiger partial charge in [0.2, 0.25) is 0 Å². The van der Waals surface area contributed by atoms with Gasteiger partial charge in [0.15, 0.2) is 0 Å². The predicted octanol–water partition coefficient (Wildman–Crippen LogP) is 3.63. The van der Waals surface area contributed by atoms with Crippen LogP contribution in [0.3, 0.4) is 0 Å². The van der Waals surface area contributed by atoms with E-state index in [1.54, 1.807) is 0 Å². The van der Waals surface area contributed by atoms with Crippen molar-refractivity contribution in [3.8, 4) is 0 Å². The van der Waals surface area contributed by atoms with E-state index in [0.29, 0.717) is 17.4 Å². The first-order chi connectivity index (χ1) is 13.8. The number of hydrogen-bond donors (Lipinski definition) is 1. The molecule has 9 atom stereocenters. The molecule has 5 rings (SSSR count). The van der Waals surface area contributed by atoms with Gasteiger partial charge < -0.3 is 14.7 Å². The number of morpholine rings is 1. The summed E-state index contributed by atoms with van der Waals surface area (Å²) in [6.07, 6.45) is 10.7. The molecule has 166 valence electrons. The first-order valence-electron chi connectivity index (χ1n) is 12.5. The molecule has 0 unspecified atom stereocenters. The van der Waals surface area contributed by atoms with Crippen molar-refractivity contribution in [2.24, 2.45) is 34.5 Å². The number of fused-ring (bicyclic) bond motifs is 5. The molecular formula is C25H44N2O2. The maximum absolute atomic E-state index is 11.5. The van der Waals surface area contributed by atoms with Crippen LogP contribution in [0, 0.1) is 34.5 Å². The van der Waals surface area contributed by atoms with Gasteiger partial charge in [0.1, 0.15) is 0 Å². The zero-order chi connectivity index (χ0) is 20.4. The summed E-state index contributed by atoms with van der Waals surface area (Å²) in [6, 6.07) is 1.15. The second kappa shape index (κ2) is 7.46. The SMILES string of the molecule is CN(C)[C@@H]1CC[C@@]2(C)[C@@H](CC[C@@H]3[C@@H]2CC[C@]2(C)[C@@H](O)[C@@H](N4CCOCC4)C[C@@H]32)C1. The van der Waals surface area contributed by atoms with Crippen LogP contribution in [0.5, 0.6) is 0 Å². The van der Waals surface area contributed by atoms with Gasteiger partial charge in [-0.2, -0.15) is 0 Å². The minimum atomic E-state index is -0.151. The van der Waals surface area contributed by atoms with Gasteiger partial charge in [-0.3, -0.25) is 4.90 Å². The van der Waals surface area contributed by atoms with Gasteiger partial charge in [0, 0.05) is 25.2 Å². The lowest BCUT2D eigenvalue weighted by Crippen LogP contribution is -2.55. The summed E-state index contributed by atoms with van der Waals surface area (Å²) < 4.78 is 5.60. The summed E-state index contributed by atoms with van der Waals surface area (Å²) in [7, 11) is 4.55. The van der Waals surface area contributed by atoms with Crippen molar-refractivity contribution in [1.82, 2.24) is 9.80 Å². The molecular weight excluding hydrogens is 360 g/mol. The molecule has 0 aromatic carbocycles. The fourth-order valence-electron chi connectivity index (χ4n) is 8.95. The number of aliphatic hydroxyl groups is 1. The zero-order valence-corrected chi connectivity index (χ0v) is 19.3. The van der Waals surface area contributed by atoms with Gasteiger partial charge in [-0.1, -0.05) is 13.8 Å². The van der Waals surface area contributed by atoms with Crippen molar-refractivity contribution in [2.75, 3.05) is 40.4 Å². The summed E-state index contributed by atoms with van der Waals surface area (Å²) in [4.78, 5) is 5.03. The van der Waals surface area contributed by atoms with Gasteiger partial charge in [-0.25, -0.2) is 0 Å². The fourth-order valence-corrected chi connectivity index (χ4v) is 8.95. The first kappa shape index (κ1) is 20.7. The molecule has 0 spiro atoms. The Morgan fingerprint density at radius 1 is 0.897 bits per heavy atom. The van der Waals surface area contributed by atoms with Crippen molar-refractivity contribution >= 4 is 0 Å². The Morgan fingerprint density at radius 2 is 1.62 bits per heavy atom. The molecule has 4 aliphatic carbocycles. The number of aliphatic hydroxyl groups excluding tert-OH is 1. The third kappa shape index (κ3) is 3.15. The van der Waals surface area contributed by atoms with E-state index in [-0.39, 0.29) is 11.5 Å². The Bertz CT molecular complexity index is 606. The summed E-state index contributed by atoms with van der Waals surface area (Å²) in [6.45, 7) is 8.78. The molecule has 0 bridgehead atoms. The average molecular weight is 405 g/mol. The molecule has 0 amide bonds. The minimum Gasteiger partial charge on any atom is -0.391 e. The Kier molecular flexibility index (Phi) is 5.33. The van der Waals surface area contributed by atoms with E-state index in [9.17, 15) is 5.11 Å². The Hall–Kier alpha value is -0.160. The summed E-state index contributed by atoms with van der Waals surface area (Å²) in [5.74, 6) is 3.36. The number of rotatable bonds is 2. The van der Waals surface area contributed by atoms with Crippen molar-refractivity contribution in [3.63, 3.8) is 0 Å². The van der Waals surface area contributed by atoms with Gasteiger partial charge in [-0.05, 0) is 100.0 Å². The number of nitrogens with zero attached hydrogens (tertiary/aromatic N) is 2. The van der Waals surface area contributed by atoms with E-state index in [4.69, 9.17) is 4.74 Å². The average Bonchev–Trinajstić information content (AvgIpc) is 2.99. The largest absolute Gasteiger partial charge is 0.391 e. The molecule has 4 saturated carbocycles. The van der Waals surface area contributed by atoms with E-state index in [0.717, 1.165) is 50.1 Å². The van der Waals surface area contributed by atoms with E-state index < -0.39 is 0 Å². The third-order valence-corrected chi connectivity index (χ3v) is 10.9. The summed E-state index contributed by atoms with van der Waals surface area (Å²) in [5, 5.41) is 11.5. The highest BCUT2D eigenvalue weighted by atomic mass is 16.5. The third-order valence-electron chi connectivity index (χ3n) is 10.9. The highest BCUT2D eigenvalue weighted by Gasteiger charge is 2.62. The molecule has 4 heteroatoms. The van der Waals surface area contributed by atoms with E-state index in [2.05, 4.69) is 37.7 Å². The van der Waals surface area contributed by atoms with E-state index in [1.807, 2.05) is 0 Å². The van der Waals surface area contributed by atoms with Crippen LogP contribution in [-0.2, 0) is 4.74 Å². The monoisotopic (exact) mass is 404 g/mol. The molecule has 0 aromatic heterocycles. The molecule has 29 heavy (non-hydrogen) atoms. The zero-order valence-electron chi connectivity index (χ0n) is 19.3. The van der Waals surface area contributed by atoms with Crippen LogP contribution in [0.4, 0.5) is 0 Å². The topological polar surface area (TPSA) is 35.9 Å². The molecule has 1 aliphatic heterocycles. The Balaban J connectivity index is 1.36. The highest BCUT2D eigenvalue weighted by molar-refractivity contribution is 5.13. The van der Waals surface area contributed by atoms with Crippen LogP contribution in [0.1, 0.15) is 65.2 Å². The van der Waals surface area contributed by atoms with E-state index >= 15 is 0 Å². The standard InChI is InChI=1S/C25H44N2O2/c1-24-9-7-18(26(3)4)15-17(24)5-6-19-20(24)8-10-25(2)21(19)16-22(23(25)28)27-11-13-29-14-12-27/h17-23,28H,5-16H2,1-4H3/t17-,18+,19+,20-,21-,22-,23-,24-,25-/m0/s1. The molecule has 1 heterocycles. The van der Waals surface area contributed by atoms with Gasteiger partial charge in [0.25, 0.3) is 0 Å². The fraction of sp³-hybridized carbons (Fsp3) is 1.00. The second-order valence-corrected chi connectivity index (χ2v) is 12.0. The lowest BCUT2D eigenvalue weighted by atomic mass is 9.45. The van der Waals surface area contributed by atoms with Crippen LogP contribution in [0.2, 0.25) is 0 Å².